The molecule has 2 amide bonds. The normalized spacial score (nSPS) is 13.6. The number of nitrogens with one attached hydrogen (secondary N) is 2. The maximum absolute atomic E-state index is 12.6. The molecule has 0 radical (unpaired) electrons. The number of hydrogen-bond donors (Lipinski definition) is 2. The molecule has 0 unspecified atom stereocenters. The van der Waals surface area contributed by atoms with Crippen molar-refractivity contribution >= 4 is 34.3 Å². The predicted octanol–water partition coefficient (Wildman–Crippen LogP) is 4.84. The van der Waals surface area contributed by atoms with Gasteiger partial charge in [-0.05, 0) is 46.9 Å². The summed E-state index contributed by atoms with van der Waals surface area (Å²) >= 11 is 1.81. The monoisotopic (exact) mass is 480 g/mol. The summed E-state index contributed by atoms with van der Waals surface area (Å²) in [6, 6.07) is 2.49. The number of hydrogen-bond acceptors (Lipinski definition) is 1. The van der Waals surface area contributed by atoms with Crippen molar-refractivity contribution < 1.29 is 44.3 Å². The van der Waals surface area contributed by atoms with Crippen LogP contribution < -0.4 is 10.6 Å². The topological polar surface area (TPSA) is 41.1 Å². The molecule has 1 aromatic carbocycles. The van der Waals surface area contributed by atoms with Crippen molar-refractivity contribution in [3.05, 3.63) is 27.8 Å². The SMILES string of the molecule is O=C(Nc1ccc(I)cc1)NC(C(F)(F)F)(C(F)(F)F)C(F)(F)F. The molecule has 3 nitrogen and oxygen atoms in total. The van der Waals surface area contributed by atoms with Crippen LogP contribution in [0.2, 0.25) is 0 Å². The second-order valence-corrected chi connectivity index (χ2v) is 5.57. The summed E-state index contributed by atoms with van der Waals surface area (Å²) in [6.45, 7) is 0. The Morgan fingerprint density at radius 3 is 1.50 bits per heavy atom. The summed E-state index contributed by atoms with van der Waals surface area (Å²) in [5.74, 6) is 0. The van der Waals surface area contributed by atoms with E-state index in [0.29, 0.717) is 3.57 Å². The molecule has 0 saturated heterocycles. The molecule has 0 atom stereocenters. The van der Waals surface area contributed by atoms with Gasteiger partial charge in [0.25, 0.3) is 0 Å². The molecule has 0 aromatic heterocycles. The van der Waals surface area contributed by atoms with Gasteiger partial charge in [0.15, 0.2) is 0 Å². The third-order valence-electron chi connectivity index (χ3n) is 2.68. The zero-order chi connectivity index (χ0) is 19.0. The van der Waals surface area contributed by atoms with Gasteiger partial charge in [0, 0.05) is 9.26 Å². The van der Waals surface area contributed by atoms with Gasteiger partial charge in [-0.1, -0.05) is 0 Å². The molecule has 0 fully saturated rings. The first-order valence-electron chi connectivity index (χ1n) is 5.67. The van der Waals surface area contributed by atoms with Crippen LogP contribution in [0.5, 0.6) is 0 Å². The van der Waals surface area contributed by atoms with Crippen molar-refractivity contribution in [2.75, 3.05) is 5.32 Å². The van der Waals surface area contributed by atoms with E-state index in [2.05, 4.69) is 0 Å². The van der Waals surface area contributed by atoms with Crippen molar-refractivity contribution in [3.8, 4) is 0 Å². The number of amides is 2. The number of carbonyl (C=O) groups is 1. The standard InChI is InChI=1S/C11H6F9IN2O/c12-9(13,14)8(10(15,16)17,11(18,19)20)23-7(24)22-6-3-1-5(21)2-4-6/h1-4H,(H2,22,23,24). The quantitative estimate of drug-likeness (QED) is 0.462. The van der Waals surface area contributed by atoms with Crippen LogP contribution in [0.1, 0.15) is 0 Å². The molecular formula is C11H6F9IN2O. The van der Waals surface area contributed by atoms with Gasteiger partial charge in [-0.25, -0.2) is 4.79 Å². The van der Waals surface area contributed by atoms with E-state index in [9.17, 15) is 44.3 Å². The van der Waals surface area contributed by atoms with E-state index < -0.39 is 30.1 Å². The molecule has 0 aliphatic heterocycles. The summed E-state index contributed by atoms with van der Waals surface area (Å²) in [6.07, 6.45) is -20.6. The Morgan fingerprint density at radius 1 is 0.792 bits per heavy atom. The van der Waals surface area contributed by atoms with Crippen LogP contribution in [0, 0.1) is 3.57 Å². The highest BCUT2D eigenvalue weighted by Gasteiger charge is 2.84. The summed E-state index contributed by atoms with van der Waals surface area (Å²) in [5, 5.41) is 1.47. The molecule has 2 N–H and O–H groups in total. The fraction of sp³-hybridized carbons (Fsp3) is 0.364. The number of benzene rings is 1. The Kier molecular flexibility index (Phi) is 5.57. The van der Waals surface area contributed by atoms with E-state index >= 15 is 0 Å². The van der Waals surface area contributed by atoms with Crippen molar-refractivity contribution in [1.82, 2.24) is 5.32 Å². The van der Waals surface area contributed by atoms with E-state index in [-0.39, 0.29) is 11.0 Å². The summed E-state index contributed by atoms with van der Waals surface area (Å²) in [4.78, 5) is 11.3. The summed E-state index contributed by atoms with van der Waals surface area (Å²) in [5.41, 5.74) is -6.70. The van der Waals surface area contributed by atoms with E-state index in [1.807, 2.05) is 22.6 Å². The van der Waals surface area contributed by atoms with Gasteiger partial charge in [-0.2, -0.15) is 39.5 Å². The Morgan fingerprint density at radius 2 is 1.17 bits per heavy atom. The van der Waals surface area contributed by atoms with Crippen molar-refractivity contribution in [3.63, 3.8) is 0 Å². The molecule has 1 aromatic rings. The highest BCUT2D eigenvalue weighted by molar-refractivity contribution is 14.1. The molecule has 0 heterocycles. The number of halogens is 10. The maximum atomic E-state index is 12.6. The van der Waals surface area contributed by atoms with Crippen LogP contribution in [-0.2, 0) is 0 Å². The van der Waals surface area contributed by atoms with Crippen LogP contribution in [0.3, 0.4) is 0 Å². The smallest absolute Gasteiger partial charge is 0.308 e. The van der Waals surface area contributed by atoms with Gasteiger partial charge in [0.2, 0.25) is 0 Å². The second-order valence-electron chi connectivity index (χ2n) is 4.33. The lowest BCUT2D eigenvalue weighted by atomic mass is 9.97. The first-order chi connectivity index (χ1) is 10.6. The average Bonchev–Trinajstić information content (AvgIpc) is 2.34. The summed E-state index contributed by atoms with van der Waals surface area (Å²) < 4.78 is 114. The van der Waals surface area contributed by atoms with E-state index in [0.717, 1.165) is 12.1 Å². The minimum Gasteiger partial charge on any atom is -0.308 e. The van der Waals surface area contributed by atoms with E-state index in [4.69, 9.17) is 0 Å². The first-order valence-corrected chi connectivity index (χ1v) is 6.74. The molecule has 13 heteroatoms. The third kappa shape index (κ3) is 3.97. The van der Waals surface area contributed by atoms with Gasteiger partial charge < -0.3 is 10.6 Å². The van der Waals surface area contributed by atoms with Crippen LogP contribution in [0.25, 0.3) is 0 Å². The lowest BCUT2D eigenvalue weighted by molar-refractivity contribution is -0.386. The minimum atomic E-state index is -6.87. The van der Waals surface area contributed by atoms with Gasteiger partial charge in [0.05, 0.1) is 0 Å². The van der Waals surface area contributed by atoms with Crippen LogP contribution >= 0.6 is 22.6 Å². The average molecular weight is 480 g/mol. The fourth-order valence-electron chi connectivity index (χ4n) is 1.56. The van der Waals surface area contributed by atoms with Crippen LogP contribution in [0.4, 0.5) is 50.0 Å². The highest BCUT2D eigenvalue weighted by Crippen LogP contribution is 2.52. The molecule has 136 valence electrons. The van der Waals surface area contributed by atoms with Gasteiger partial charge in [-0.3, -0.25) is 0 Å². The van der Waals surface area contributed by atoms with Gasteiger partial charge in [0.1, 0.15) is 0 Å². The van der Waals surface area contributed by atoms with Crippen molar-refractivity contribution in [2.45, 2.75) is 24.1 Å². The lowest BCUT2D eigenvalue weighted by Gasteiger charge is -2.38. The Hall–Kier alpha value is -1.41. The number of carbonyl (C=O) groups excluding carboxylic acids is 1. The molecule has 0 saturated carbocycles. The summed E-state index contributed by atoms with van der Waals surface area (Å²) in [7, 11) is 0. The lowest BCUT2D eigenvalue weighted by Crippen LogP contribution is -2.75. The molecular weight excluding hydrogens is 474 g/mol. The zero-order valence-electron chi connectivity index (χ0n) is 11.0. The van der Waals surface area contributed by atoms with Crippen molar-refractivity contribution in [1.29, 1.82) is 0 Å². The van der Waals surface area contributed by atoms with E-state index in [1.165, 1.54) is 17.4 Å². The number of anilines is 1. The van der Waals surface area contributed by atoms with Crippen molar-refractivity contribution in [2.24, 2.45) is 0 Å². The molecule has 24 heavy (non-hydrogen) atoms. The Bertz CT molecular complexity index is 555. The predicted molar refractivity (Wildman–Crippen MR) is 72.2 cm³/mol. The Labute approximate surface area is 141 Å². The molecule has 1 rings (SSSR count). The number of rotatable bonds is 2. The van der Waals surface area contributed by atoms with Gasteiger partial charge >= 0.3 is 30.1 Å². The highest BCUT2D eigenvalue weighted by atomic mass is 127. The molecule has 0 spiro atoms. The van der Waals surface area contributed by atoms with E-state index in [1.54, 1.807) is 0 Å². The van der Waals surface area contributed by atoms with Gasteiger partial charge in [-0.15, -0.1) is 0 Å². The largest absolute Gasteiger partial charge is 0.429 e. The fourth-order valence-corrected chi connectivity index (χ4v) is 1.92. The molecule has 0 bridgehead atoms. The number of urea groups is 1. The van der Waals surface area contributed by atoms with Crippen LogP contribution in [0.15, 0.2) is 24.3 Å². The second kappa shape index (κ2) is 6.48. The Balaban J connectivity index is 3.22. The van der Waals surface area contributed by atoms with Crippen LogP contribution in [-0.4, -0.2) is 30.1 Å². The molecule has 0 aliphatic rings. The zero-order valence-corrected chi connectivity index (χ0v) is 13.2. The minimum absolute atomic E-state index is 0.0134. The maximum Gasteiger partial charge on any atom is 0.429 e. The number of alkyl halides is 9. The third-order valence-corrected chi connectivity index (χ3v) is 3.40. The first kappa shape index (κ1) is 20.6. The molecule has 0 aliphatic carbocycles.